The third kappa shape index (κ3) is 5.79. The number of aryl methyl sites for hydroxylation is 1. The molecule has 0 atom stereocenters. The molecule has 11 rings (SSSR count). The topological polar surface area (TPSA) is 8.17 Å². The second kappa shape index (κ2) is 14.1. The van der Waals surface area contributed by atoms with Gasteiger partial charge in [-0.3, -0.25) is 0 Å². The molecule has 9 aromatic carbocycles. The summed E-state index contributed by atoms with van der Waals surface area (Å²) < 4.78 is 4.98. The highest BCUT2D eigenvalue weighted by Gasteiger charge is 2.21. The van der Waals surface area contributed by atoms with Crippen LogP contribution in [0.4, 0.5) is 17.1 Å². The van der Waals surface area contributed by atoms with Crippen LogP contribution in [0.3, 0.4) is 0 Å². The molecule has 0 bridgehead atoms. The Labute approximate surface area is 342 Å². The number of anilines is 3. The summed E-state index contributed by atoms with van der Waals surface area (Å²) in [4.78, 5) is 2.43. The van der Waals surface area contributed by atoms with Crippen molar-refractivity contribution < 1.29 is 0 Å². The van der Waals surface area contributed by atoms with Crippen LogP contribution in [-0.4, -0.2) is 4.57 Å². The van der Waals surface area contributed by atoms with E-state index in [2.05, 4.69) is 229 Å². The van der Waals surface area contributed by atoms with Crippen molar-refractivity contribution in [2.45, 2.75) is 6.92 Å². The Morgan fingerprint density at radius 1 is 0.379 bits per heavy atom. The Bertz CT molecular complexity index is 3210. The molecule has 0 N–H and O–H groups in total. The van der Waals surface area contributed by atoms with Crippen molar-refractivity contribution in [2.75, 3.05) is 4.90 Å². The minimum Gasteiger partial charge on any atom is -0.310 e. The maximum Gasteiger partial charge on any atom is 0.0541 e. The molecular formula is C55H38N2S. The largest absolute Gasteiger partial charge is 0.310 e. The standard InChI is InChI=1S/C55H38N2S/c1-37-24-28-41(29-25-37)56(43-32-33-45(38-14-4-2-5-15-38)49(34-43)39-16-6-3-7-17-39)44-35-50(55-51(36-44)48-20-10-13-23-54(48)58-55)40-26-30-42(31-27-40)57-52-21-11-8-18-46(52)47-19-9-12-22-53(47)57/h2-36H,1H3. The lowest BCUT2D eigenvalue weighted by atomic mass is 9.93. The number of rotatable bonds is 7. The van der Waals surface area contributed by atoms with Gasteiger partial charge in [0, 0.05) is 59.3 Å². The number of hydrogen-bond donors (Lipinski definition) is 0. The molecule has 274 valence electrons. The van der Waals surface area contributed by atoms with Gasteiger partial charge in [0.25, 0.3) is 0 Å². The van der Waals surface area contributed by atoms with Gasteiger partial charge < -0.3 is 9.47 Å². The second-order valence-electron chi connectivity index (χ2n) is 15.0. The van der Waals surface area contributed by atoms with Crippen molar-refractivity contribution in [2.24, 2.45) is 0 Å². The predicted octanol–water partition coefficient (Wildman–Crippen LogP) is 15.9. The molecule has 0 saturated heterocycles. The Kier molecular flexibility index (Phi) is 8.27. The van der Waals surface area contributed by atoms with Crippen LogP contribution in [0.1, 0.15) is 5.56 Å². The number of thiophene rings is 1. The lowest BCUT2D eigenvalue weighted by Gasteiger charge is -2.28. The van der Waals surface area contributed by atoms with Gasteiger partial charge in [-0.15, -0.1) is 11.3 Å². The molecule has 2 heterocycles. The third-order valence-electron chi connectivity index (χ3n) is 11.5. The van der Waals surface area contributed by atoms with Crippen LogP contribution >= 0.6 is 11.3 Å². The Morgan fingerprint density at radius 2 is 0.914 bits per heavy atom. The molecule has 2 nitrogen and oxygen atoms in total. The van der Waals surface area contributed by atoms with Gasteiger partial charge in [-0.25, -0.2) is 0 Å². The highest BCUT2D eigenvalue weighted by atomic mass is 32.1. The molecule has 2 aromatic heterocycles. The number of benzene rings is 9. The SMILES string of the molecule is Cc1ccc(N(c2ccc(-c3ccccc3)c(-c3ccccc3)c2)c2cc(-c3ccc(-n4c5ccccc5c5ccccc54)cc3)c3sc4ccccc4c3c2)cc1. The average Bonchev–Trinajstić information content (AvgIpc) is 3.84. The molecule has 0 aliphatic heterocycles. The van der Waals surface area contributed by atoms with E-state index in [4.69, 9.17) is 0 Å². The fraction of sp³-hybridized carbons (Fsp3) is 0.0182. The number of aromatic nitrogens is 1. The first kappa shape index (κ1) is 34.1. The second-order valence-corrected chi connectivity index (χ2v) is 16.1. The number of hydrogen-bond acceptors (Lipinski definition) is 2. The molecule has 11 aromatic rings. The molecule has 58 heavy (non-hydrogen) atoms. The molecule has 3 heteroatoms. The Hall–Kier alpha value is -7.20. The third-order valence-corrected chi connectivity index (χ3v) is 12.7. The van der Waals surface area contributed by atoms with Gasteiger partial charge in [0.05, 0.1) is 11.0 Å². The molecule has 0 aliphatic carbocycles. The fourth-order valence-electron chi connectivity index (χ4n) is 8.68. The van der Waals surface area contributed by atoms with Gasteiger partial charge in [0.1, 0.15) is 0 Å². The summed E-state index contributed by atoms with van der Waals surface area (Å²) in [7, 11) is 0. The van der Waals surface area contributed by atoms with Crippen molar-refractivity contribution in [3.8, 4) is 39.1 Å². The van der Waals surface area contributed by atoms with E-state index in [0.717, 1.165) is 22.7 Å². The summed E-state index contributed by atoms with van der Waals surface area (Å²) in [5, 5.41) is 5.08. The van der Waals surface area contributed by atoms with Gasteiger partial charge >= 0.3 is 0 Å². The maximum absolute atomic E-state index is 2.43. The van der Waals surface area contributed by atoms with E-state index < -0.39 is 0 Å². The van der Waals surface area contributed by atoms with Crippen molar-refractivity contribution in [1.82, 2.24) is 4.57 Å². The van der Waals surface area contributed by atoms with E-state index in [-0.39, 0.29) is 0 Å². The maximum atomic E-state index is 2.43. The van der Waals surface area contributed by atoms with Crippen LogP contribution in [0, 0.1) is 6.92 Å². The Balaban J connectivity index is 1.12. The first-order valence-electron chi connectivity index (χ1n) is 19.8. The van der Waals surface area contributed by atoms with E-state index in [1.54, 1.807) is 0 Å². The highest BCUT2D eigenvalue weighted by Crippen LogP contribution is 2.47. The van der Waals surface area contributed by atoms with Gasteiger partial charge in [-0.2, -0.15) is 0 Å². The molecule has 0 spiro atoms. The summed E-state index contributed by atoms with van der Waals surface area (Å²) in [5.74, 6) is 0. The molecule has 0 aliphatic rings. The van der Waals surface area contributed by atoms with Gasteiger partial charge in [0.15, 0.2) is 0 Å². The van der Waals surface area contributed by atoms with Crippen LogP contribution in [0.25, 0.3) is 81.0 Å². The first-order chi connectivity index (χ1) is 28.7. The fourth-order valence-corrected chi connectivity index (χ4v) is 9.90. The molecule has 0 radical (unpaired) electrons. The number of fused-ring (bicyclic) bond motifs is 6. The first-order valence-corrected chi connectivity index (χ1v) is 20.7. The highest BCUT2D eigenvalue weighted by molar-refractivity contribution is 7.26. The van der Waals surface area contributed by atoms with Crippen LogP contribution in [0.15, 0.2) is 212 Å². The van der Waals surface area contributed by atoms with E-state index in [1.807, 2.05) is 11.3 Å². The summed E-state index contributed by atoms with van der Waals surface area (Å²) in [5.41, 5.74) is 15.4. The van der Waals surface area contributed by atoms with Gasteiger partial charge in [-0.1, -0.05) is 151 Å². The monoisotopic (exact) mass is 758 g/mol. The molecular weight excluding hydrogens is 721 g/mol. The molecule has 0 amide bonds. The summed E-state index contributed by atoms with van der Waals surface area (Å²) in [6.45, 7) is 2.15. The van der Waals surface area contributed by atoms with Crippen LogP contribution in [0.5, 0.6) is 0 Å². The zero-order valence-corrected chi connectivity index (χ0v) is 32.8. The van der Waals surface area contributed by atoms with Crippen LogP contribution in [-0.2, 0) is 0 Å². The van der Waals surface area contributed by atoms with Crippen molar-refractivity contribution in [3.05, 3.63) is 218 Å². The molecule has 0 saturated carbocycles. The summed E-state index contributed by atoms with van der Waals surface area (Å²) in [6.07, 6.45) is 0. The lowest BCUT2D eigenvalue weighted by molar-refractivity contribution is 1.18. The van der Waals surface area contributed by atoms with E-state index in [9.17, 15) is 0 Å². The average molecular weight is 759 g/mol. The normalized spacial score (nSPS) is 11.5. The van der Waals surface area contributed by atoms with E-state index >= 15 is 0 Å². The predicted molar refractivity (Wildman–Crippen MR) is 249 cm³/mol. The smallest absolute Gasteiger partial charge is 0.0541 e. The molecule has 0 unspecified atom stereocenters. The minimum absolute atomic E-state index is 1.11. The zero-order valence-electron chi connectivity index (χ0n) is 32.0. The lowest BCUT2D eigenvalue weighted by Crippen LogP contribution is -2.10. The van der Waals surface area contributed by atoms with Crippen LogP contribution in [0.2, 0.25) is 0 Å². The number of para-hydroxylation sites is 2. The molecule has 0 fully saturated rings. The Morgan fingerprint density at radius 3 is 1.59 bits per heavy atom. The van der Waals surface area contributed by atoms with Gasteiger partial charge in [-0.05, 0) is 101 Å². The van der Waals surface area contributed by atoms with Crippen molar-refractivity contribution in [1.29, 1.82) is 0 Å². The quantitative estimate of drug-likeness (QED) is 0.157. The van der Waals surface area contributed by atoms with E-state index in [0.29, 0.717) is 0 Å². The van der Waals surface area contributed by atoms with E-state index in [1.165, 1.54) is 80.9 Å². The minimum atomic E-state index is 1.11. The van der Waals surface area contributed by atoms with Gasteiger partial charge in [0.2, 0.25) is 0 Å². The number of nitrogens with zero attached hydrogens (tertiary/aromatic N) is 2. The summed E-state index contributed by atoms with van der Waals surface area (Å²) >= 11 is 1.88. The summed E-state index contributed by atoms with van der Waals surface area (Å²) in [6, 6.07) is 77.6. The van der Waals surface area contributed by atoms with Crippen LogP contribution < -0.4 is 4.90 Å². The zero-order chi connectivity index (χ0) is 38.6. The van der Waals surface area contributed by atoms with Crippen molar-refractivity contribution >= 4 is 70.4 Å². The van der Waals surface area contributed by atoms with Crippen molar-refractivity contribution in [3.63, 3.8) is 0 Å².